The van der Waals surface area contributed by atoms with Crippen molar-refractivity contribution in [2.75, 3.05) is 0 Å². The summed E-state index contributed by atoms with van der Waals surface area (Å²) in [5.41, 5.74) is 3.48. The standard InChI is InChI=1S/C24H21FN4O2/c1-27-20-14-29(12-11-16-13-26-19-6-4-3-5-18(16)19)22(15-7-9-17(25)10-8-15)21(20)23(30)28(2)24(27)31/h3-10,13-14,26H,11-12H2,1-2H3. The number of H-pyrrole nitrogens is 1. The number of fused-ring (bicyclic) bond motifs is 2. The monoisotopic (exact) mass is 416 g/mol. The molecule has 0 radical (unpaired) electrons. The molecule has 0 aliphatic heterocycles. The normalized spacial score (nSPS) is 11.6. The Kier molecular flexibility index (Phi) is 4.39. The molecule has 2 aromatic carbocycles. The molecular weight excluding hydrogens is 395 g/mol. The summed E-state index contributed by atoms with van der Waals surface area (Å²) in [6, 6.07) is 14.2. The minimum atomic E-state index is -0.378. The summed E-state index contributed by atoms with van der Waals surface area (Å²) in [6.45, 7) is 0.598. The van der Waals surface area contributed by atoms with Crippen LogP contribution < -0.4 is 11.2 Å². The number of benzene rings is 2. The Bertz CT molecular complexity index is 1550. The van der Waals surface area contributed by atoms with Gasteiger partial charge in [-0.25, -0.2) is 9.18 Å². The minimum absolute atomic E-state index is 0.342. The molecule has 5 aromatic rings. The van der Waals surface area contributed by atoms with Crippen molar-refractivity contribution >= 4 is 21.8 Å². The second kappa shape index (κ2) is 7.12. The Labute approximate surface area is 176 Å². The molecule has 1 N–H and O–H groups in total. The van der Waals surface area contributed by atoms with Crippen molar-refractivity contribution in [2.45, 2.75) is 13.0 Å². The number of para-hydroxylation sites is 1. The first-order valence-electron chi connectivity index (χ1n) is 10.1. The SMILES string of the molecule is Cn1c(=O)c2c(-c3ccc(F)cc3)n(CCc3c[nH]c4ccccc34)cc2n(C)c1=O. The number of nitrogens with zero attached hydrogens (tertiary/aromatic N) is 3. The molecule has 0 saturated heterocycles. The van der Waals surface area contributed by atoms with Crippen molar-refractivity contribution in [2.24, 2.45) is 14.1 Å². The third-order valence-electron chi connectivity index (χ3n) is 5.93. The van der Waals surface area contributed by atoms with Crippen molar-refractivity contribution in [3.8, 4) is 11.3 Å². The molecule has 0 bridgehead atoms. The van der Waals surface area contributed by atoms with Crippen LogP contribution in [0.25, 0.3) is 33.1 Å². The third kappa shape index (κ3) is 3.01. The van der Waals surface area contributed by atoms with Crippen LogP contribution in [0.4, 0.5) is 4.39 Å². The van der Waals surface area contributed by atoms with E-state index in [0.717, 1.165) is 27.5 Å². The summed E-state index contributed by atoms with van der Waals surface area (Å²) in [6.07, 6.45) is 4.57. The maximum atomic E-state index is 13.6. The zero-order valence-electron chi connectivity index (χ0n) is 17.2. The van der Waals surface area contributed by atoms with Gasteiger partial charge in [-0.3, -0.25) is 13.9 Å². The van der Waals surface area contributed by atoms with Crippen LogP contribution in [0.3, 0.4) is 0 Å². The van der Waals surface area contributed by atoms with Crippen molar-refractivity contribution in [1.29, 1.82) is 0 Å². The number of hydrogen-bond acceptors (Lipinski definition) is 2. The molecule has 0 aliphatic carbocycles. The molecule has 0 spiro atoms. The molecule has 3 aromatic heterocycles. The summed E-state index contributed by atoms with van der Waals surface area (Å²) < 4.78 is 18.1. The van der Waals surface area contributed by atoms with Gasteiger partial charge in [0.05, 0.1) is 16.6 Å². The van der Waals surface area contributed by atoms with Crippen molar-refractivity contribution in [3.05, 3.63) is 93.1 Å². The highest BCUT2D eigenvalue weighted by Crippen LogP contribution is 2.29. The van der Waals surface area contributed by atoms with Gasteiger partial charge in [-0.1, -0.05) is 18.2 Å². The van der Waals surface area contributed by atoms with E-state index >= 15 is 0 Å². The fourth-order valence-electron chi connectivity index (χ4n) is 4.26. The summed E-state index contributed by atoms with van der Waals surface area (Å²) in [5, 5.41) is 1.61. The number of hydrogen-bond donors (Lipinski definition) is 1. The average molecular weight is 416 g/mol. The summed E-state index contributed by atoms with van der Waals surface area (Å²) >= 11 is 0. The molecule has 3 heterocycles. The molecule has 0 unspecified atom stereocenters. The van der Waals surface area contributed by atoms with E-state index in [1.54, 1.807) is 19.2 Å². The summed E-state index contributed by atoms with van der Waals surface area (Å²) in [5.74, 6) is -0.342. The number of aromatic nitrogens is 4. The summed E-state index contributed by atoms with van der Waals surface area (Å²) in [4.78, 5) is 28.8. The molecule has 0 fully saturated rings. The Morgan fingerprint density at radius 1 is 0.968 bits per heavy atom. The molecular formula is C24H21FN4O2. The lowest BCUT2D eigenvalue weighted by atomic mass is 10.1. The van der Waals surface area contributed by atoms with E-state index in [4.69, 9.17) is 0 Å². The fraction of sp³-hybridized carbons (Fsp3) is 0.167. The van der Waals surface area contributed by atoms with Gasteiger partial charge in [0.2, 0.25) is 0 Å². The number of nitrogens with one attached hydrogen (secondary N) is 1. The van der Waals surface area contributed by atoms with Crippen LogP contribution in [0.2, 0.25) is 0 Å². The number of rotatable bonds is 4. The topological polar surface area (TPSA) is 64.7 Å². The Balaban J connectivity index is 1.69. The molecule has 31 heavy (non-hydrogen) atoms. The fourth-order valence-corrected chi connectivity index (χ4v) is 4.26. The highest BCUT2D eigenvalue weighted by molar-refractivity contribution is 5.93. The largest absolute Gasteiger partial charge is 0.361 e. The van der Waals surface area contributed by atoms with E-state index in [-0.39, 0.29) is 17.1 Å². The van der Waals surface area contributed by atoms with E-state index in [1.165, 1.54) is 29.3 Å². The first-order valence-corrected chi connectivity index (χ1v) is 10.1. The third-order valence-corrected chi connectivity index (χ3v) is 5.93. The van der Waals surface area contributed by atoms with Gasteiger partial charge in [0.25, 0.3) is 5.56 Å². The van der Waals surface area contributed by atoms with Crippen LogP contribution in [0.1, 0.15) is 5.56 Å². The maximum Gasteiger partial charge on any atom is 0.330 e. The van der Waals surface area contributed by atoms with E-state index in [0.29, 0.717) is 23.1 Å². The van der Waals surface area contributed by atoms with Gasteiger partial charge in [0.1, 0.15) is 5.82 Å². The minimum Gasteiger partial charge on any atom is -0.361 e. The maximum absolute atomic E-state index is 13.6. The highest BCUT2D eigenvalue weighted by Gasteiger charge is 2.19. The second-order valence-corrected chi connectivity index (χ2v) is 7.75. The molecule has 0 atom stereocenters. The van der Waals surface area contributed by atoms with Gasteiger partial charge in [-0.2, -0.15) is 0 Å². The van der Waals surface area contributed by atoms with Crippen LogP contribution in [-0.4, -0.2) is 18.7 Å². The lowest BCUT2D eigenvalue weighted by Crippen LogP contribution is -2.36. The van der Waals surface area contributed by atoms with Gasteiger partial charge in [0.15, 0.2) is 0 Å². The Hall–Kier alpha value is -3.87. The molecule has 0 aliphatic rings. The van der Waals surface area contributed by atoms with Crippen LogP contribution in [0.5, 0.6) is 0 Å². The van der Waals surface area contributed by atoms with Crippen molar-refractivity contribution < 1.29 is 4.39 Å². The van der Waals surface area contributed by atoms with Crippen LogP contribution in [0.15, 0.2) is 70.5 Å². The van der Waals surface area contributed by atoms with Crippen LogP contribution in [-0.2, 0) is 27.1 Å². The number of aryl methyl sites for hydroxylation is 3. The predicted molar refractivity (Wildman–Crippen MR) is 120 cm³/mol. The highest BCUT2D eigenvalue weighted by atomic mass is 19.1. The van der Waals surface area contributed by atoms with Crippen molar-refractivity contribution in [3.63, 3.8) is 0 Å². The molecule has 6 nitrogen and oxygen atoms in total. The summed E-state index contributed by atoms with van der Waals surface area (Å²) in [7, 11) is 3.13. The van der Waals surface area contributed by atoms with Gasteiger partial charge in [-0.15, -0.1) is 0 Å². The molecule has 5 rings (SSSR count). The zero-order chi connectivity index (χ0) is 21.7. The van der Waals surface area contributed by atoms with E-state index < -0.39 is 0 Å². The lowest BCUT2D eigenvalue weighted by molar-refractivity contribution is 0.628. The quantitative estimate of drug-likeness (QED) is 0.487. The van der Waals surface area contributed by atoms with Gasteiger partial charge in [-0.05, 0) is 47.9 Å². The smallest absolute Gasteiger partial charge is 0.330 e. The molecule has 0 saturated carbocycles. The Morgan fingerprint density at radius 3 is 2.48 bits per heavy atom. The average Bonchev–Trinajstić information content (AvgIpc) is 3.37. The first-order chi connectivity index (χ1) is 15.0. The predicted octanol–water partition coefficient (Wildman–Crippen LogP) is 3.57. The van der Waals surface area contributed by atoms with Crippen LogP contribution >= 0.6 is 0 Å². The van der Waals surface area contributed by atoms with E-state index in [9.17, 15) is 14.0 Å². The second-order valence-electron chi connectivity index (χ2n) is 7.75. The number of halogens is 1. The van der Waals surface area contributed by atoms with E-state index in [2.05, 4.69) is 11.1 Å². The number of aromatic amines is 1. The van der Waals surface area contributed by atoms with Gasteiger partial charge in [0, 0.05) is 43.9 Å². The van der Waals surface area contributed by atoms with Crippen molar-refractivity contribution in [1.82, 2.24) is 18.7 Å². The molecule has 7 heteroatoms. The zero-order valence-corrected chi connectivity index (χ0v) is 17.2. The lowest BCUT2D eigenvalue weighted by Gasteiger charge is -2.10. The Morgan fingerprint density at radius 2 is 1.71 bits per heavy atom. The van der Waals surface area contributed by atoms with Gasteiger partial charge < -0.3 is 9.55 Å². The molecule has 156 valence electrons. The molecule has 0 amide bonds. The first kappa shape index (κ1) is 19.1. The van der Waals surface area contributed by atoms with Crippen LogP contribution in [0, 0.1) is 5.82 Å². The van der Waals surface area contributed by atoms with E-state index in [1.807, 2.05) is 35.2 Å². The van der Waals surface area contributed by atoms with Gasteiger partial charge >= 0.3 is 5.69 Å².